The second-order valence-corrected chi connectivity index (χ2v) is 6.72. The van der Waals surface area contributed by atoms with Gasteiger partial charge in [0.05, 0.1) is 12.6 Å². The summed E-state index contributed by atoms with van der Waals surface area (Å²) in [6.45, 7) is 9.25. The quantitative estimate of drug-likeness (QED) is 0.678. The molecule has 1 amide bonds. The fraction of sp³-hybridized carbons (Fsp3) is 0.875. The van der Waals surface area contributed by atoms with E-state index in [-0.39, 0.29) is 18.0 Å². The summed E-state index contributed by atoms with van der Waals surface area (Å²) in [5.74, 6) is 0.250. The van der Waals surface area contributed by atoms with Gasteiger partial charge < -0.3 is 19.2 Å². The molecule has 0 N–H and O–H groups in total. The Labute approximate surface area is 128 Å². The highest BCUT2D eigenvalue weighted by Gasteiger charge is 2.29. The van der Waals surface area contributed by atoms with Gasteiger partial charge in [-0.3, -0.25) is 0 Å². The van der Waals surface area contributed by atoms with Gasteiger partial charge in [0, 0.05) is 19.6 Å². The van der Waals surface area contributed by atoms with Gasteiger partial charge >= 0.3 is 6.09 Å². The Kier molecular flexibility index (Phi) is 7.15. The van der Waals surface area contributed by atoms with E-state index < -0.39 is 5.60 Å². The topological polar surface area (TPSA) is 55.8 Å². The average molecular weight is 299 g/mol. The smallest absolute Gasteiger partial charge is 0.410 e. The van der Waals surface area contributed by atoms with Crippen molar-refractivity contribution in [2.24, 2.45) is 0 Å². The summed E-state index contributed by atoms with van der Waals surface area (Å²) in [5.41, 5.74) is -0.452. The average Bonchev–Trinajstić information content (AvgIpc) is 2.80. The van der Waals surface area contributed by atoms with E-state index in [0.29, 0.717) is 26.1 Å². The van der Waals surface area contributed by atoms with Gasteiger partial charge in [-0.1, -0.05) is 6.42 Å². The molecular weight excluding hydrogens is 270 g/mol. The number of rotatable bonds is 7. The van der Waals surface area contributed by atoms with Crippen molar-refractivity contribution < 1.29 is 19.1 Å². The predicted molar refractivity (Wildman–Crippen MR) is 81.3 cm³/mol. The molecule has 0 bridgehead atoms. The van der Waals surface area contributed by atoms with Gasteiger partial charge in [0.25, 0.3) is 0 Å². The summed E-state index contributed by atoms with van der Waals surface area (Å²) in [4.78, 5) is 24.4. The van der Waals surface area contributed by atoms with Crippen molar-refractivity contribution in [3.8, 4) is 0 Å². The van der Waals surface area contributed by atoms with E-state index in [2.05, 4.69) is 0 Å². The molecule has 5 heteroatoms. The zero-order valence-corrected chi connectivity index (χ0v) is 13.8. The van der Waals surface area contributed by atoms with Crippen LogP contribution in [0.2, 0.25) is 0 Å². The normalized spacial score (nSPS) is 18.9. The zero-order chi connectivity index (χ0) is 15.9. The van der Waals surface area contributed by atoms with Crippen LogP contribution in [0.3, 0.4) is 0 Å². The monoisotopic (exact) mass is 299 g/mol. The summed E-state index contributed by atoms with van der Waals surface area (Å²) in [6.07, 6.45) is 4.31. The molecule has 122 valence electrons. The van der Waals surface area contributed by atoms with E-state index in [4.69, 9.17) is 9.47 Å². The maximum absolute atomic E-state index is 11.9. The van der Waals surface area contributed by atoms with Gasteiger partial charge in [-0.25, -0.2) is 4.79 Å². The van der Waals surface area contributed by atoms with Crippen molar-refractivity contribution in [1.82, 2.24) is 4.90 Å². The minimum atomic E-state index is -0.452. The third-order valence-corrected chi connectivity index (χ3v) is 3.32. The van der Waals surface area contributed by atoms with Crippen LogP contribution in [0.4, 0.5) is 4.79 Å². The van der Waals surface area contributed by atoms with E-state index >= 15 is 0 Å². The first-order chi connectivity index (χ1) is 9.78. The summed E-state index contributed by atoms with van der Waals surface area (Å²) in [7, 11) is 0. The lowest BCUT2D eigenvalue weighted by molar-refractivity contribution is -0.117. The van der Waals surface area contributed by atoms with Crippen molar-refractivity contribution in [3.63, 3.8) is 0 Å². The molecule has 0 aliphatic carbocycles. The first-order valence-corrected chi connectivity index (χ1v) is 7.87. The summed E-state index contributed by atoms with van der Waals surface area (Å²) in [6, 6.07) is 0. The predicted octanol–water partition coefficient (Wildman–Crippen LogP) is 3.16. The molecule has 5 nitrogen and oxygen atoms in total. The third kappa shape index (κ3) is 8.05. The molecule has 1 fully saturated rings. The Morgan fingerprint density at radius 2 is 1.90 bits per heavy atom. The van der Waals surface area contributed by atoms with Crippen LogP contribution >= 0.6 is 0 Å². The van der Waals surface area contributed by atoms with E-state index in [1.165, 1.54) is 0 Å². The molecule has 0 aromatic heterocycles. The van der Waals surface area contributed by atoms with E-state index in [9.17, 15) is 9.59 Å². The van der Waals surface area contributed by atoms with Crippen molar-refractivity contribution in [1.29, 1.82) is 0 Å². The van der Waals surface area contributed by atoms with Crippen LogP contribution in [-0.4, -0.2) is 48.2 Å². The van der Waals surface area contributed by atoms with Crippen molar-refractivity contribution in [3.05, 3.63) is 0 Å². The Morgan fingerprint density at radius 1 is 1.19 bits per heavy atom. The van der Waals surface area contributed by atoms with Gasteiger partial charge in [-0.05, 0) is 47.0 Å². The van der Waals surface area contributed by atoms with Gasteiger partial charge in [-0.15, -0.1) is 0 Å². The van der Waals surface area contributed by atoms with Crippen molar-refractivity contribution in [2.45, 2.75) is 71.5 Å². The van der Waals surface area contributed by atoms with Gasteiger partial charge in [0.15, 0.2) is 0 Å². The number of ether oxygens (including phenoxy) is 2. The maximum atomic E-state index is 11.9. The van der Waals surface area contributed by atoms with Gasteiger partial charge in [0.2, 0.25) is 0 Å². The highest BCUT2D eigenvalue weighted by atomic mass is 16.6. The van der Waals surface area contributed by atoms with Crippen LogP contribution in [0, 0.1) is 0 Å². The molecule has 0 spiro atoms. The molecule has 0 radical (unpaired) electrons. The first-order valence-electron chi connectivity index (χ1n) is 7.87. The molecule has 1 atom stereocenters. The maximum Gasteiger partial charge on any atom is 0.410 e. The second-order valence-electron chi connectivity index (χ2n) is 6.72. The molecule has 1 saturated heterocycles. The van der Waals surface area contributed by atoms with Crippen molar-refractivity contribution >= 4 is 11.9 Å². The number of carbonyl (C=O) groups is 2. The molecule has 0 saturated carbocycles. The van der Waals surface area contributed by atoms with Gasteiger partial charge in [-0.2, -0.15) is 0 Å². The summed E-state index contributed by atoms with van der Waals surface area (Å²) >= 11 is 0. The fourth-order valence-corrected chi connectivity index (χ4v) is 2.26. The minimum absolute atomic E-state index is 0.116. The lowest BCUT2D eigenvalue weighted by Gasteiger charge is -2.24. The molecule has 0 aromatic carbocycles. The molecule has 0 aromatic rings. The lowest BCUT2D eigenvalue weighted by atomic mass is 10.1. The Hall–Kier alpha value is -1.10. The van der Waals surface area contributed by atoms with E-state index in [1.807, 2.05) is 20.8 Å². The summed E-state index contributed by atoms with van der Waals surface area (Å²) < 4.78 is 11.1. The van der Waals surface area contributed by atoms with Crippen LogP contribution in [0.15, 0.2) is 0 Å². The fourth-order valence-electron chi connectivity index (χ4n) is 2.26. The summed E-state index contributed by atoms with van der Waals surface area (Å²) in [5, 5.41) is 0. The Balaban J connectivity index is 2.11. The first kappa shape index (κ1) is 18.0. The Morgan fingerprint density at radius 3 is 2.52 bits per heavy atom. The standard InChI is InChI=1S/C16H29NO4/c1-13(18)8-6-5-7-11-20-14-9-10-17(12-14)15(19)21-16(2,3)4/h14H,5-12H2,1-4H3/t14-/m1/s1. The molecule has 1 aliphatic heterocycles. The number of carbonyl (C=O) groups excluding carboxylic acids is 2. The number of likely N-dealkylation sites (tertiary alicyclic amines) is 1. The number of Topliss-reactive ketones (excluding diaryl/α,β-unsaturated/α-hetero) is 1. The zero-order valence-electron chi connectivity index (χ0n) is 13.8. The number of hydrogen-bond acceptors (Lipinski definition) is 4. The highest BCUT2D eigenvalue weighted by molar-refractivity contribution is 5.75. The van der Waals surface area contributed by atoms with Crippen LogP contribution in [0.5, 0.6) is 0 Å². The molecule has 0 unspecified atom stereocenters. The van der Waals surface area contributed by atoms with Crippen LogP contribution in [0.1, 0.15) is 59.8 Å². The number of nitrogens with zero attached hydrogens (tertiary/aromatic N) is 1. The Bertz CT molecular complexity index is 349. The SMILES string of the molecule is CC(=O)CCCCCO[C@@H]1CCN(C(=O)OC(C)(C)C)C1. The molecule has 1 heterocycles. The molecule has 1 aliphatic rings. The van der Waals surface area contributed by atoms with Gasteiger partial charge in [0.1, 0.15) is 11.4 Å². The minimum Gasteiger partial charge on any atom is -0.444 e. The van der Waals surface area contributed by atoms with E-state index in [0.717, 1.165) is 25.7 Å². The third-order valence-electron chi connectivity index (χ3n) is 3.32. The largest absolute Gasteiger partial charge is 0.444 e. The highest BCUT2D eigenvalue weighted by Crippen LogP contribution is 2.17. The molecule has 21 heavy (non-hydrogen) atoms. The number of amides is 1. The number of hydrogen-bond donors (Lipinski definition) is 0. The van der Waals surface area contributed by atoms with E-state index in [1.54, 1.807) is 11.8 Å². The molecule has 1 rings (SSSR count). The lowest BCUT2D eigenvalue weighted by Crippen LogP contribution is -2.36. The van der Waals surface area contributed by atoms with Crippen LogP contribution in [-0.2, 0) is 14.3 Å². The number of unbranched alkanes of at least 4 members (excludes halogenated alkanes) is 2. The van der Waals surface area contributed by atoms with Crippen LogP contribution < -0.4 is 0 Å². The number of ketones is 1. The van der Waals surface area contributed by atoms with Crippen molar-refractivity contribution in [2.75, 3.05) is 19.7 Å². The molecular formula is C16H29NO4. The van der Waals surface area contributed by atoms with Crippen LogP contribution in [0.25, 0.3) is 0 Å². The second kappa shape index (κ2) is 8.37.